The van der Waals surface area contributed by atoms with Gasteiger partial charge in [0.2, 0.25) is 0 Å². The zero-order valence-corrected chi connectivity index (χ0v) is 14.8. The zero-order chi connectivity index (χ0) is 16.3. The largest absolute Gasteiger partial charge is 0.216 e. The maximum atomic E-state index is 12.0. The first-order chi connectivity index (χ1) is 11.3. The molecule has 0 unspecified atom stereocenters. The van der Waals surface area contributed by atoms with Crippen molar-refractivity contribution in [3.8, 4) is 0 Å². The number of halogens is 1. The highest BCUT2D eigenvalue weighted by atomic mass is 19.1. The Kier molecular flexibility index (Phi) is 8.42. The van der Waals surface area contributed by atoms with Crippen molar-refractivity contribution in [3.05, 3.63) is 47.8 Å². The topological polar surface area (TPSA) is 0 Å². The van der Waals surface area contributed by atoms with Gasteiger partial charge in [-0.15, -0.1) is 0 Å². The number of rotatable bonds is 9. The molecule has 0 saturated heterocycles. The van der Waals surface area contributed by atoms with Crippen LogP contribution in [0.5, 0.6) is 0 Å². The average molecular weight is 317 g/mol. The molecule has 0 N–H and O–H groups in total. The van der Waals surface area contributed by atoms with E-state index >= 15 is 0 Å². The fraction of sp³-hybridized carbons (Fsp3) is 0.636. The molecule has 0 amide bonds. The predicted molar refractivity (Wildman–Crippen MR) is 98.3 cm³/mol. The van der Waals surface area contributed by atoms with Crippen molar-refractivity contribution in [2.45, 2.75) is 77.6 Å². The molecule has 1 heteroatoms. The Balaban J connectivity index is 1.65. The van der Waals surface area contributed by atoms with Gasteiger partial charge in [-0.25, -0.2) is 4.39 Å². The molecule has 1 fully saturated rings. The maximum Gasteiger partial charge on any atom is 0.0830 e. The van der Waals surface area contributed by atoms with Crippen LogP contribution in [0.3, 0.4) is 0 Å². The van der Waals surface area contributed by atoms with Crippen LogP contribution in [0.2, 0.25) is 0 Å². The molecular formula is C22H33F. The van der Waals surface area contributed by atoms with Gasteiger partial charge < -0.3 is 0 Å². The van der Waals surface area contributed by atoms with Gasteiger partial charge in [0.15, 0.2) is 0 Å². The Hall–Kier alpha value is -1.11. The normalized spacial score (nSPS) is 21.8. The third-order valence-electron chi connectivity index (χ3n) is 5.49. The minimum absolute atomic E-state index is 0.631. The van der Waals surface area contributed by atoms with Crippen molar-refractivity contribution in [1.29, 1.82) is 0 Å². The standard InChI is InChI=1S/C22H33F/c1-2-3-4-6-19-8-12-21(13-9-19)16-17-22-14-10-20(11-15-22)7-5-18-23/h5,10-11,14-15,18-19,21H,2-4,6-9,12-13,16-17H2,1H3/b18-5+. The fourth-order valence-corrected chi connectivity index (χ4v) is 3.89. The molecule has 0 radical (unpaired) electrons. The second-order valence-corrected chi connectivity index (χ2v) is 7.30. The van der Waals surface area contributed by atoms with E-state index in [0.29, 0.717) is 12.8 Å². The number of benzene rings is 1. The van der Waals surface area contributed by atoms with Crippen LogP contribution in [-0.4, -0.2) is 0 Å². The molecule has 1 aliphatic rings. The van der Waals surface area contributed by atoms with Gasteiger partial charge in [-0.3, -0.25) is 0 Å². The van der Waals surface area contributed by atoms with E-state index in [2.05, 4.69) is 31.2 Å². The van der Waals surface area contributed by atoms with Gasteiger partial charge in [0.05, 0.1) is 6.33 Å². The van der Waals surface area contributed by atoms with Gasteiger partial charge in [0, 0.05) is 0 Å². The summed E-state index contributed by atoms with van der Waals surface area (Å²) >= 11 is 0. The second kappa shape index (κ2) is 10.6. The Morgan fingerprint density at radius 1 is 0.913 bits per heavy atom. The Morgan fingerprint density at radius 3 is 2.13 bits per heavy atom. The summed E-state index contributed by atoms with van der Waals surface area (Å²) in [5.41, 5.74) is 2.62. The summed E-state index contributed by atoms with van der Waals surface area (Å²) in [6.45, 7) is 2.29. The molecule has 0 spiro atoms. The highest BCUT2D eigenvalue weighted by Gasteiger charge is 2.20. The van der Waals surface area contributed by atoms with Crippen molar-refractivity contribution < 1.29 is 4.39 Å². The summed E-state index contributed by atoms with van der Waals surface area (Å²) in [7, 11) is 0. The third-order valence-corrected chi connectivity index (χ3v) is 5.49. The molecule has 1 aliphatic carbocycles. The van der Waals surface area contributed by atoms with Crippen molar-refractivity contribution in [2.75, 3.05) is 0 Å². The molecule has 0 aromatic heterocycles. The quantitative estimate of drug-likeness (QED) is 0.429. The highest BCUT2D eigenvalue weighted by Crippen LogP contribution is 2.34. The monoisotopic (exact) mass is 316 g/mol. The van der Waals surface area contributed by atoms with E-state index in [1.807, 2.05) is 0 Å². The SMILES string of the molecule is CCCCCC1CCC(CCc2ccc(C/C=C/F)cc2)CC1. The molecule has 0 nitrogen and oxygen atoms in total. The van der Waals surface area contributed by atoms with Crippen LogP contribution in [0, 0.1) is 11.8 Å². The number of allylic oxidation sites excluding steroid dienone is 1. The van der Waals surface area contributed by atoms with E-state index in [1.165, 1.54) is 75.3 Å². The van der Waals surface area contributed by atoms with E-state index in [9.17, 15) is 4.39 Å². The van der Waals surface area contributed by atoms with Crippen LogP contribution in [0.15, 0.2) is 36.7 Å². The summed E-state index contributed by atoms with van der Waals surface area (Å²) in [5, 5.41) is 0. The van der Waals surface area contributed by atoms with Crippen molar-refractivity contribution in [2.24, 2.45) is 11.8 Å². The van der Waals surface area contributed by atoms with Gasteiger partial charge in [-0.05, 0) is 42.2 Å². The first-order valence-corrected chi connectivity index (χ1v) is 9.64. The van der Waals surface area contributed by atoms with Gasteiger partial charge in [-0.2, -0.15) is 0 Å². The minimum Gasteiger partial charge on any atom is -0.216 e. The molecule has 1 saturated carbocycles. The molecule has 0 atom stereocenters. The van der Waals surface area contributed by atoms with Gasteiger partial charge in [0.1, 0.15) is 0 Å². The number of unbranched alkanes of at least 4 members (excludes halogenated alkanes) is 2. The molecule has 0 bridgehead atoms. The fourth-order valence-electron chi connectivity index (χ4n) is 3.89. The number of aryl methyl sites for hydroxylation is 1. The zero-order valence-electron chi connectivity index (χ0n) is 14.8. The lowest BCUT2D eigenvalue weighted by molar-refractivity contribution is 0.249. The number of hydrogen-bond donors (Lipinski definition) is 0. The molecular weight excluding hydrogens is 283 g/mol. The van der Waals surface area contributed by atoms with E-state index < -0.39 is 0 Å². The van der Waals surface area contributed by atoms with Gasteiger partial charge in [0.25, 0.3) is 0 Å². The van der Waals surface area contributed by atoms with E-state index in [0.717, 1.165) is 11.8 Å². The molecule has 128 valence electrons. The maximum absolute atomic E-state index is 12.0. The van der Waals surface area contributed by atoms with Crippen molar-refractivity contribution >= 4 is 0 Å². The lowest BCUT2D eigenvalue weighted by Crippen LogP contribution is -2.15. The van der Waals surface area contributed by atoms with E-state index in [1.54, 1.807) is 6.08 Å². The lowest BCUT2D eigenvalue weighted by Gasteiger charge is -2.28. The predicted octanol–water partition coefficient (Wildman–Crippen LogP) is 7.03. The summed E-state index contributed by atoms with van der Waals surface area (Å²) in [5.74, 6) is 1.95. The minimum atomic E-state index is 0.631. The van der Waals surface area contributed by atoms with Crippen molar-refractivity contribution in [1.82, 2.24) is 0 Å². The average Bonchev–Trinajstić information content (AvgIpc) is 2.60. The summed E-state index contributed by atoms with van der Waals surface area (Å²) < 4.78 is 12.0. The van der Waals surface area contributed by atoms with Crippen molar-refractivity contribution in [3.63, 3.8) is 0 Å². The lowest BCUT2D eigenvalue weighted by atomic mass is 9.78. The third kappa shape index (κ3) is 6.89. The van der Waals surface area contributed by atoms with Crippen LogP contribution < -0.4 is 0 Å². The smallest absolute Gasteiger partial charge is 0.0830 e. The number of hydrogen-bond acceptors (Lipinski definition) is 0. The first-order valence-electron chi connectivity index (χ1n) is 9.64. The summed E-state index contributed by atoms with van der Waals surface area (Å²) in [4.78, 5) is 0. The molecule has 0 aliphatic heterocycles. The van der Waals surface area contributed by atoms with Gasteiger partial charge >= 0.3 is 0 Å². The highest BCUT2D eigenvalue weighted by molar-refractivity contribution is 5.24. The molecule has 1 aromatic carbocycles. The van der Waals surface area contributed by atoms with Crippen LogP contribution in [-0.2, 0) is 12.8 Å². The van der Waals surface area contributed by atoms with E-state index in [-0.39, 0.29) is 0 Å². The van der Waals surface area contributed by atoms with E-state index in [4.69, 9.17) is 0 Å². The molecule has 2 rings (SSSR count). The van der Waals surface area contributed by atoms with Gasteiger partial charge in [-0.1, -0.05) is 88.6 Å². The Morgan fingerprint density at radius 2 is 1.52 bits per heavy atom. The molecule has 1 aromatic rings. The molecule has 0 heterocycles. The van der Waals surface area contributed by atoms with Crippen LogP contribution in [0.1, 0.15) is 75.8 Å². The van der Waals surface area contributed by atoms with Crippen LogP contribution >= 0.6 is 0 Å². The second-order valence-electron chi connectivity index (χ2n) is 7.30. The molecule has 23 heavy (non-hydrogen) atoms. The Labute approximate surface area is 142 Å². The first kappa shape index (κ1) is 18.2. The Bertz CT molecular complexity index is 438. The van der Waals surface area contributed by atoms with Crippen LogP contribution in [0.25, 0.3) is 0 Å². The summed E-state index contributed by atoms with van der Waals surface area (Å²) in [6.07, 6.45) is 16.9. The summed E-state index contributed by atoms with van der Waals surface area (Å²) in [6, 6.07) is 8.72. The van der Waals surface area contributed by atoms with Crippen LogP contribution in [0.4, 0.5) is 4.39 Å².